The van der Waals surface area contributed by atoms with Gasteiger partial charge in [-0.3, -0.25) is 4.98 Å². The van der Waals surface area contributed by atoms with Gasteiger partial charge in [-0.1, -0.05) is 24.9 Å². The molecule has 0 bridgehead atoms. The van der Waals surface area contributed by atoms with Gasteiger partial charge in [-0.2, -0.15) is 0 Å². The summed E-state index contributed by atoms with van der Waals surface area (Å²) in [6.07, 6.45) is 6.75. The van der Waals surface area contributed by atoms with E-state index < -0.39 is 0 Å². The SMILES string of the molecule is CC1CCCC(Sc2cccnc2/C(N)=N/O)C1. The van der Waals surface area contributed by atoms with Crippen molar-refractivity contribution in [3.63, 3.8) is 0 Å². The molecule has 3 N–H and O–H groups in total. The van der Waals surface area contributed by atoms with Crippen molar-refractivity contribution in [1.29, 1.82) is 0 Å². The first kappa shape index (κ1) is 13.2. The minimum atomic E-state index is 0.0851. The highest BCUT2D eigenvalue weighted by Gasteiger charge is 2.21. The second kappa shape index (κ2) is 6.09. The van der Waals surface area contributed by atoms with E-state index in [1.165, 1.54) is 25.7 Å². The molecular formula is C13H19N3OS. The maximum atomic E-state index is 8.77. The molecule has 0 radical (unpaired) electrons. The fourth-order valence-corrected chi connectivity index (χ4v) is 3.88. The van der Waals surface area contributed by atoms with Gasteiger partial charge < -0.3 is 10.9 Å². The summed E-state index contributed by atoms with van der Waals surface area (Å²) in [4.78, 5) is 5.20. The maximum absolute atomic E-state index is 8.77. The Morgan fingerprint density at radius 3 is 3.11 bits per heavy atom. The van der Waals surface area contributed by atoms with Crippen LogP contribution in [0.4, 0.5) is 0 Å². The van der Waals surface area contributed by atoms with Crippen molar-refractivity contribution in [1.82, 2.24) is 4.98 Å². The van der Waals surface area contributed by atoms with Gasteiger partial charge in [0.05, 0.1) is 0 Å². The Kier molecular flexibility index (Phi) is 4.47. The number of oxime groups is 1. The van der Waals surface area contributed by atoms with Crippen LogP contribution in [0.15, 0.2) is 28.4 Å². The molecule has 1 aromatic rings. The summed E-state index contributed by atoms with van der Waals surface area (Å²) in [5.41, 5.74) is 6.24. The Bertz CT molecular complexity index is 436. The molecule has 0 aliphatic heterocycles. The average molecular weight is 265 g/mol. The van der Waals surface area contributed by atoms with E-state index in [0.717, 1.165) is 10.8 Å². The van der Waals surface area contributed by atoms with E-state index in [1.54, 1.807) is 18.0 Å². The van der Waals surface area contributed by atoms with Crippen LogP contribution >= 0.6 is 11.8 Å². The van der Waals surface area contributed by atoms with E-state index in [0.29, 0.717) is 10.9 Å². The maximum Gasteiger partial charge on any atom is 0.189 e. The highest BCUT2D eigenvalue weighted by molar-refractivity contribution is 8.00. The normalized spacial score (nSPS) is 25.1. The van der Waals surface area contributed by atoms with Crippen LogP contribution in [0, 0.1) is 5.92 Å². The predicted molar refractivity (Wildman–Crippen MR) is 74.0 cm³/mol. The second-order valence-corrected chi connectivity index (χ2v) is 6.19. The fraction of sp³-hybridized carbons (Fsp3) is 0.538. The molecule has 1 aliphatic carbocycles. The number of hydrogen-bond acceptors (Lipinski definition) is 4. The monoisotopic (exact) mass is 265 g/mol. The number of nitrogens with zero attached hydrogens (tertiary/aromatic N) is 2. The van der Waals surface area contributed by atoms with Gasteiger partial charge in [-0.05, 0) is 30.9 Å². The van der Waals surface area contributed by atoms with Crippen molar-refractivity contribution in [2.24, 2.45) is 16.8 Å². The molecule has 5 heteroatoms. The lowest BCUT2D eigenvalue weighted by atomic mass is 9.91. The summed E-state index contributed by atoms with van der Waals surface area (Å²) >= 11 is 1.80. The van der Waals surface area contributed by atoms with Crippen molar-refractivity contribution in [3.8, 4) is 0 Å². The summed E-state index contributed by atoms with van der Waals surface area (Å²) in [5.74, 6) is 0.877. The molecule has 2 atom stereocenters. The Labute approximate surface area is 112 Å². The minimum Gasteiger partial charge on any atom is -0.409 e. The first-order chi connectivity index (χ1) is 8.70. The zero-order valence-corrected chi connectivity index (χ0v) is 11.4. The number of pyridine rings is 1. The molecule has 2 unspecified atom stereocenters. The largest absolute Gasteiger partial charge is 0.409 e. The second-order valence-electron chi connectivity index (χ2n) is 4.85. The van der Waals surface area contributed by atoms with Crippen LogP contribution in [-0.4, -0.2) is 21.3 Å². The van der Waals surface area contributed by atoms with Crippen molar-refractivity contribution in [2.75, 3.05) is 0 Å². The zero-order chi connectivity index (χ0) is 13.0. The van der Waals surface area contributed by atoms with E-state index >= 15 is 0 Å². The van der Waals surface area contributed by atoms with Gasteiger partial charge in [0.25, 0.3) is 0 Å². The van der Waals surface area contributed by atoms with Gasteiger partial charge in [0.1, 0.15) is 5.69 Å². The van der Waals surface area contributed by atoms with Crippen molar-refractivity contribution in [3.05, 3.63) is 24.0 Å². The van der Waals surface area contributed by atoms with Gasteiger partial charge >= 0.3 is 0 Å². The molecule has 0 spiro atoms. The van der Waals surface area contributed by atoms with Crippen LogP contribution in [-0.2, 0) is 0 Å². The molecule has 0 amide bonds. The lowest BCUT2D eigenvalue weighted by molar-refractivity contribution is 0.318. The zero-order valence-electron chi connectivity index (χ0n) is 10.5. The van der Waals surface area contributed by atoms with E-state index in [9.17, 15) is 0 Å². The molecule has 1 aromatic heterocycles. The van der Waals surface area contributed by atoms with E-state index in [4.69, 9.17) is 10.9 Å². The topological polar surface area (TPSA) is 71.5 Å². The molecule has 1 heterocycles. The Balaban J connectivity index is 2.13. The number of nitrogens with two attached hydrogens (primary N) is 1. The molecule has 2 rings (SSSR count). The number of aromatic nitrogens is 1. The molecule has 98 valence electrons. The smallest absolute Gasteiger partial charge is 0.189 e. The van der Waals surface area contributed by atoms with E-state index in [-0.39, 0.29) is 5.84 Å². The highest BCUT2D eigenvalue weighted by Crippen LogP contribution is 2.36. The van der Waals surface area contributed by atoms with E-state index in [1.807, 2.05) is 12.1 Å². The molecule has 4 nitrogen and oxygen atoms in total. The lowest BCUT2D eigenvalue weighted by Crippen LogP contribution is -2.18. The third kappa shape index (κ3) is 3.16. The molecule has 1 aliphatic rings. The molecule has 0 aromatic carbocycles. The van der Waals surface area contributed by atoms with Gasteiger partial charge in [-0.15, -0.1) is 11.8 Å². The standard InChI is InChI=1S/C13H19N3OS/c1-9-4-2-5-10(8-9)18-11-6-3-7-15-12(11)13(14)16-17/h3,6-7,9-10,17H,2,4-5,8H2,1H3,(H2,14,16). The molecule has 0 saturated heterocycles. The summed E-state index contributed by atoms with van der Waals surface area (Å²) < 4.78 is 0. The summed E-state index contributed by atoms with van der Waals surface area (Å²) in [6, 6.07) is 3.88. The minimum absolute atomic E-state index is 0.0851. The first-order valence-corrected chi connectivity index (χ1v) is 7.18. The number of amidine groups is 1. The number of hydrogen-bond donors (Lipinski definition) is 2. The van der Waals surface area contributed by atoms with E-state index in [2.05, 4.69) is 17.1 Å². The number of rotatable bonds is 3. The summed E-state index contributed by atoms with van der Waals surface area (Å²) in [5, 5.41) is 12.4. The fourth-order valence-electron chi connectivity index (χ4n) is 2.39. The Hall–Kier alpha value is -1.23. The molecule has 1 fully saturated rings. The lowest BCUT2D eigenvalue weighted by Gasteiger charge is -2.26. The summed E-state index contributed by atoms with van der Waals surface area (Å²) in [7, 11) is 0. The van der Waals surface area contributed by atoms with Crippen LogP contribution in [0.25, 0.3) is 0 Å². The number of thioether (sulfide) groups is 1. The molecular weight excluding hydrogens is 246 g/mol. The van der Waals surface area contributed by atoms with Gasteiger partial charge in [0.2, 0.25) is 0 Å². The Morgan fingerprint density at radius 1 is 1.56 bits per heavy atom. The summed E-state index contributed by atoms with van der Waals surface area (Å²) in [6.45, 7) is 2.31. The van der Waals surface area contributed by atoms with Crippen LogP contribution in [0.1, 0.15) is 38.3 Å². The van der Waals surface area contributed by atoms with Crippen LogP contribution in [0.3, 0.4) is 0 Å². The van der Waals surface area contributed by atoms with Crippen LogP contribution in [0.5, 0.6) is 0 Å². The van der Waals surface area contributed by atoms with Gasteiger partial charge in [0.15, 0.2) is 5.84 Å². The van der Waals surface area contributed by atoms with Crippen molar-refractivity contribution >= 4 is 17.6 Å². The van der Waals surface area contributed by atoms with Gasteiger partial charge in [-0.25, -0.2) is 0 Å². The van der Waals surface area contributed by atoms with Crippen LogP contribution < -0.4 is 5.73 Å². The first-order valence-electron chi connectivity index (χ1n) is 6.30. The molecule has 1 saturated carbocycles. The van der Waals surface area contributed by atoms with Crippen molar-refractivity contribution < 1.29 is 5.21 Å². The van der Waals surface area contributed by atoms with Crippen molar-refractivity contribution in [2.45, 2.75) is 42.8 Å². The average Bonchev–Trinajstić information content (AvgIpc) is 2.38. The molecule has 18 heavy (non-hydrogen) atoms. The third-order valence-electron chi connectivity index (χ3n) is 3.30. The quantitative estimate of drug-likeness (QED) is 0.381. The van der Waals surface area contributed by atoms with Crippen LogP contribution in [0.2, 0.25) is 0 Å². The highest BCUT2D eigenvalue weighted by atomic mass is 32.2. The third-order valence-corrected chi connectivity index (χ3v) is 4.65. The Morgan fingerprint density at radius 2 is 2.39 bits per heavy atom. The predicted octanol–water partition coefficient (Wildman–Crippen LogP) is 2.85. The van der Waals surface area contributed by atoms with Gasteiger partial charge in [0, 0.05) is 16.3 Å².